The zero-order chi connectivity index (χ0) is 17.5. The molecule has 0 saturated carbocycles. The molecule has 0 spiro atoms. The zero-order valence-electron chi connectivity index (χ0n) is 13.1. The molecule has 0 saturated heterocycles. The Morgan fingerprint density at radius 1 is 1.08 bits per heavy atom. The second kappa shape index (κ2) is 8.71. The molecule has 0 aromatic heterocycles. The smallest absolute Gasteiger partial charge is 0.337 e. The Bertz CT molecular complexity index is 730. The highest BCUT2D eigenvalue weighted by atomic mass is 35.5. The van der Waals surface area contributed by atoms with Crippen molar-refractivity contribution in [3.63, 3.8) is 0 Å². The standard InChI is InChI=1S/C18H17Cl2NO3/c1-24-18(23)13-7-10-15(20)16(11-13)21-17(22)4-2-3-12-5-8-14(19)9-6-12/h5-11H,2-4H2,1H3,(H,21,22). The number of methoxy groups -OCH3 is 1. The number of carbonyl (C=O) groups excluding carboxylic acids is 2. The third kappa shape index (κ3) is 5.25. The molecule has 0 bridgehead atoms. The normalized spacial score (nSPS) is 10.3. The van der Waals surface area contributed by atoms with Gasteiger partial charge in [0.2, 0.25) is 5.91 Å². The Kier molecular flexibility index (Phi) is 6.64. The third-order valence-corrected chi connectivity index (χ3v) is 4.03. The Morgan fingerprint density at radius 2 is 1.79 bits per heavy atom. The predicted octanol–water partition coefficient (Wildman–Crippen LogP) is 4.74. The first-order valence-corrected chi connectivity index (χ1v) is 8.17. The molecule has 2 rings (SSSR count). The number of hydrogen-bond acceptors (Lipinski definition) is 3. The molecule has 0 aliphatic heterocycles. The van der Waals surface area contributed by atoms with Gasteiger partial charge in [-0.1, -0.05) is 35.3 Å². The van der Waals surface area contributed by atoms with Gasteiger partial charge in [0.1, 0.15) is 0 Å². The van der Waals surface area contributed by atoms with Crippen molar-refractivity contribution < 1.29 is 14.3 Å². The fourth-order valence-corrected chi connectivity index (χ4v) is 2.47. The second-order valence-electron chi connectivity index (χ2n) is 5.21. The lowest BCUT2D eigenvalue weighted by Gasteiger charge is -2.09. The van der Waals surface area contributed by atoms with Gasteiger partial charge in [0, 0.05) is 11.4 Å². The fourth-order valence-electron chi connectivity index (χ4n) is 2.18. The average molecular weight is 366 g/mol. The minimum atomic E-state index is -0.482. The minimum absolute atomic E-state index is 0.159. The molecule has 2 aromatic carbocycles. The lowest BCUT2D eigenvalue weighted by Crippen LogP contribution is -2.13. The molecule has 0 atom stereocenters. The molecule has 2 aromatic rings. The minimum Gasteiger partial charge on any atom is -0.465 e. The van der Waals surface area contributed by atoms with E-state index >= 15 is 0 Å². The number of carbonyl (C=O) groups is 2. The van der Waals surface area contributed by atoms with Gasteiger partial charge >= 0.3 is 5.97 Å². The molecule has 0 aliphatic rings. The van der Waals surface area contributed by atoms with Gasteiger partial charge in [-0.2, -0.15) is 0 Å². The van der Waals surface area contributed by atoms with Crippen LogP contribution in [0.4, 0.5) is 5.69 Å². The van der Waals surface area contributed by atoms with Gasteiger partial charge in [0.15, 0.2) is 0 Å². The van der Waals surface area contributed by atoms with E-state index in [1.54, 1.807) is 12.1 Å². The summed E-state index contributed by atoms with van der Waals surface area (Å²) in [5, 5.41) is 3.79. The molecule has 0 fully saturated rings. The van der Waals surface area contributed by atoms with Gasteiger partial charge < -0.3 is 10.1 Å². The quantitative estimate of drug-likeness (QED) is 0.752. The van der Waals surface area contributed by atoms with E-state index in [0.717, 1.165) is 12.0 Å². The molecule has 1 amide bonds. The van der Waals surface area contributed by atoms with E-state index in [1.165, 1.54) is 13.2 Å². The van der Waals surface area contributed by atoms with Crippen molar-refractivity contribution in [1.29, 1.82) is 0 Å². The van der Waals surface area contributed by atoms with E-state index in [2.05, 4.69) is 10.1 Å². The molecule has 126 valence electrons. The Labute approximate surface area is 150 Å². The van der Waals surface area contributed by atoms with Gasteiger partial charge in [0.05, 0.1) is 23.4 Å². The maximum absolute atomic E-state index is 12.1. The van der Waals surface area contributed by atoms with Crippen molar-refractivity contribution in [1.82, 2.24) is 0 Å². The third-order valence-electron chi connectivity index (χ3n) is 3.44. The maximum atomic E-state index is 12.1. The number of anilines is 1. The number of aryl methyl sites for hydroxylation is 1. The summed E-state index contributed by atoms with van der Waals surface area (Å²) < 4.78 is 4.65. The molecule has 6 heteroatoms. The van der Waals surface area contributed by atoms with Crippen molar-refractivity contribution in [3.8, 4) is 0 Å². The van der Waals surface area contributed by atoms with Crippen molar-refractivity contribution in [2.45, 2.75) is 19.3 Å². The number of benzene rings is 2. The van der Waals surface area contributed by atoms with Crippen LogP contribution in [0.2, 0.25) is 10.0 Å². The molecule has 1 N–H and O–H groups in total. The van der Waals surface area contributed by atoms with Crippen LogP contribution in [-0.2, 0) is 16.0 Å². The zero-order valence-corrected chi connectivity index (χ0v) is 14.7. The average Bonchev–Trinajstić information content (AvgIpc) is 2.58. The van der Waals surface area contributed by atoms with Crippen LogP contribution >= 0.6 is 23.2 Å². The lowest BCUT2D eigenvalue weighted by atomic mass is 10.1. The van der Waals surface area contributed by atoms with E-state index in [9.17, 15) is 9.59 Å². The number of rotatable bonds is 6. The number of esters is 1. The number of nitrogens with one attached hydrogen (secondary N) is 1. The first-order valence-electron chi connectivity index (χ1n) is 7.42. The molecule has 0 aliphatic carbocycles. The summed E-state index contributed by atoms with van der Waals surface area (Å²) in [5.41, 5.74) is 1.85. The molecule has 0 unspecified atom stereocenters. The highest BCUT2D eigenvalue weighted by Crippen LogP contribution is 2.24. The first-order chi connectivity index (χ1) is 11.5. The summed E-state index contributed by atoms with van der Waals surface area (Å²) in [7, 11) is 1.30. The van der Waals surface area contributed by atoms with Crippen molar-refractivity contribution in [2.24, 2.45) is 0 Å². The summed E-state index contributed by atoms with van der Waals surface area (Å²) in [6.45, 7) is 0. The van der Waals surface area contributed by atoms with Crippen molar-refractivity contribution in [2.75, 3.05) is 12.4 Å². The number of amides is 1. The molecular weight excluding hydrogens is 349 g/mol. The number of halogens is 2. The van der Waals surface area contributed by atoms with Gasteiger partial charge in [0.25, 0.3) is 0 Å². The SMILES string of the molecule is COC(=O)c1ccc(Cl)c(NC(=O)CCCc2ccc(Cl)cc2)c1. The summed E-state index contributed by atoms with van der Waals surface area (Å²) in [6.07, 6.45) is 1.82. The van der Waals surface area contributed by atoms with Gasteiger partial charge in [-0.25, -0.2) is 4.79 Å². The summed E-state index contributed by atoms with van der Waals surface area (Å²) >= 11 is 11.9. The Balaban J connectivity index is 1.90. The van der Waals surface area contributed by atoms with Crippen LogP contribution < -0.4 is 5.32 Å². The monoisotopic (exact) mass is 365 g/mol. The van der Waals surface area contributed by atoms with Crippen molar-refractivity contribution in [3.05, 3.63) is 63.6 Å². The van der Waals surface area contributed by atoms with Crippen LogP contribution in [0.5, 0.6) is 0 Å². The van der Waals surface area contributed by atoms with E-state index < -0.39 is 5.97 Å². The Morgan fingerprint density at radius 3 is 2.46 bits per heavy atom. The molecule has 4 nitrogen and oxygen atoms in total. The fraction of sp³-hybridized carbons (Fsp3) is 0.222. The largest absolute Gasteiger partial charge is 0.465 e. The topological polar surface area (TPSA) is 55.4 Å². The van der Waals surface area contributed by atoms with Crippen LogP contribution in [-0.4, -0.2) is 19.0 Å². The van der Waals surface area contributed by atoms with Gasteiger partial charge in [-0.3, -0.25) is 4.79 Å². The van der Waals surface area contributed by atoms with E-state index in [1.807, 2.05) is 24.3 Å². The summed E-state index contributed by atoms with van der Waals surface area (Å²) in [6, 6.07) is 12.1. The highest BCUT2D eigenvalue weighted by molar-refractivity contribution is 6.33. The highest BCUT2D eigenvalue weighted by Gasteiger charge is 2.11. The van der Waals surface area contributed by atoms with Crippen LogP contribution in [0.15, 0.2) is 42.5 Å². The molecular formula is C18H17Cl2NO3. The Hall–Kier alpha value is -2.04. The predicted molar refractivity (Wildman–Crippen MR) is 95.8 cm³/mol. The van der Waals surface area contributed by atoms with Crippen LogP contribution in [0.3, 0.4) is 0 Å². The van der Waals surface area contributed by atoms with E-state index in [-0.39, 0.29) is 5.91 Å². The first kappa shape index (κ1) is 18.3. The number of ether oxygens (including phenoxy) is 1. The summed E-state index contributed by atoms with van der Waals surface area (Å²) in [4.78, 5) is 23.6. The van der Waals surface area contributed by atoms with Crippen LogP contribution in [0.1, 0.15) is 28.8 Å². The maximum Gasteiger partial charge on any atom is 0.337 e. The van der Waals surface area contributed by atoms with E-state index in [4.69, 9.17) is 23.2 Å². The van der Waals surface area contributed by atoms with Crippen LogP contribution in [0.25, 0.3) is 0 Å². The van der Waals surface area contributed by atoms with Gasteiger partial charge in [-0.15, -0.1) is 0 Å². The number of hydrogen-bond donors (Lipinski definition) is 1. The lowest BCUT2D eigenvalue weighted by molar-refractivity contribution is -0.116. The van der Waals surface area contributed by atoms with Crippen molar-refractivity contribution >= 4 is 40.8 Å². The van der Waals surface area contributed by atoms with Crippen LogP contribution in [0, 0.1) is 0 Å². The van der Waals surface area contributed by atoms with Gasteiger partial charge in [-0.05, 0) is 48.7 Å². The van der Waals surface area contributed by atoms with E-state index in [0.29, 0.717) is 34.1 Å². The second-order valence-corrected chi connectivity index (χ2v) is 6.06. The molecule has 0 heterocycles. The summed E-state index contributed by atoms with van der Waals surface area (Å²) in [5.74, 6) is -0.641. The molecule has 24 heavy (non-hydrogen) atoms. The molecule has 0 radical (unpaired) electrons.